The van der Waals surface area contributed by atoms with E-state index in [1.807, 2.05) is 13.8 Å². The van der Waals surface area contributed by atoms with Gasteiger partial charge < -0.3 is 9.15 Å². The zero-order chi connectivity index (χ0) is 20.2. The molecular formula is C17H23N3O6S. The molecular weight excluding hydrogens is 374 g/mol. The lowest BCUT2D eigenvalue weighted by Crippen LogP contribution is -2.30. The van der Waals surface area contributed by atoms with Crippen molar-refractivity contribution in [3.63, 3.8) is 0 Å². The predicted octanol–water partition coefficient (Wildman–Crippen LogP) is 3.32. The van der Waals surface area contributed by atoms with Crippen LogP contribution in [0.15, 0.2) is 33.7 Å². The van der Waals surface area contributed by atoms with Gasteiger partial charge in [-0.2, -0.15) is 4.31 Å². The van der Waals surface area contributed by atoms with Crippen molar-refractivity contribution in [1.29, 1.82) is 0 Å². The van der Waals surface area contributed by atoms with E-state index in [-0.39, 0.29) is 42.2 Å². The molecule has 9 nitrogen and oxygen atoms in total. The van der Waals surface area contributed by atoms with Crippen LogP contribution in [0, 0.1) is 10.1 Å². The van der Waals surface area contributed by atoms with Crippen LogP contribution in [0.3, 0.4) is 0 Å². The second kappa shape index (κ2) is 8.49. The first-order chi connectivity index (χ1) is 12.7. The molecule has 0 bridgehead atoms. The smallest absolute Gasteiger partial charge is 0.312 e. The Bertz CT molecular complexity index is 903. The molecule has 0 aliphatic carbocycles. The molecule has 148 valence electrons. The van der Waals surface area contributed by atoms with Crippen molar-refractivity contribution in [2.24, 2.45) is 0 Å². The Morgan fingerprint density at radius 1 is 1.30 bits per heavy atom. The highest BCUT2D eigenvalue weighted by Gasteiger charge is 2.26. The average Bonchev–Trinajstić information content (AvgIpc) is 3.09. The number of aromatic nitrogens is 1. The largest absolute Gasteiger partial charge is 0.477 e. The van der Waals surface area contributed by atoms with Gasteiger partial charge in [0.2, 0.25) is 15.9 Å². The molecule has 1 aromatic heterocycles. The lowest BCUT2D eigenvalue weighted by atomic mass is 10.2. The summed E-state index contributed by atoms with van der Waals surface area (Å²) in [7, 11) is -3.80. The van der Waals surface area contributed by atoms with Crippen LogP contribution in [0.1, 0.15) is 45.3 Å². The molecule has 0 atom stereocenters. The summed E-state index contributed by atoms with van der Waals surface area (Å²) in [5.41, 5.74) is -0.432. The molecule has 0 radical (unpaired) electrons. The molecule has 0 N–H and O–H groups in total. The van der Waals surface area contributed by atoms with Crippen LogP contribution in [-0.4, -0.2) is 35.7 Å². The van der Waals surface area contributed by atoms with Crippen molar-refractivity contribution in [2.75, 3.05) is 13.1 Å². The van der Waals surface area contributed by atoms with Crippen molar-refractivity contribution >= 4 is 15.7 Å². The van der Waals surface area contributed by atoms with Crippen LogP contribution in [0.2, 0.25) is 0 Å². The van der Waals surface area contributed by atoms with Gasteiger partial charge in [0, 0.05) is 25.1 Å². The third-order valence-electron chi connectivity index (χ3n) is 3.96. The molecule has 0 aliphatic heterocycles. The Morgan fingerprint density at radius 3 is 2.48 bits per heavy atom. The second-order valence-corrected chi connectivity index (χ2v) is 8.01. The molecule has 0 aliphatic rings. The van der Waals surface area contributed by atoms with Crippen LogP contribution in [0.5, 0.6) is 5.75 Å². The second-order valence-electron chi connectivity index (χ2n) is 6.08. The molecule has 0 saturated heterocycles. The highest BCUT2D eigenvalue weighted by molar-refractivity contribution is 7.89. The van der Waals surface area contributed by atoms with Gasteiger partial charge in [0.25, 0.3) is 0 Å². The van der Waals surface area contributed by atoms with Gasteiger partial charge in [-0.3, -0.25) is 10.1 Å². The lowest BCUT2D eigenvalue weighted by molar-refractivity contribution is -0.386. The van der Waals surface area contributed by atoms with E-state index in [2.05, 4.69) is 4.98 Å². The molecule has 0 saturated carbocycles. The van der Waals surface area contributed by atoms with Gasteiger partial charge >= 0.3 is 5.69 Å². The van der Waals surface area contributed by atoms with Crippen LogP contribution in [-0.2, 0) is 16.6 Å². The quantitative estimate of drug-likeness (QED) is 0.471. The van der Waals surface area contributed by atoms with Gasteiger partial charge in [-0.1, -0.05) is 27.7 Å². The first-order valence-corrected chi connectivity index (χ1v) is 10.0. The number of nitro benzene ring substituents is 1. The van der Waals surface area contributed by atoms with Crippen molar-refractivity contribution in [1.82, 2.24) is 9.29 Å². The van der Waals surface area contributed by atoms with Gasteiger partial charge in [-0.15, -0.1) is 0 Å². The van der Waals surface area contributed by atoms with Crippen LogP contribution in [0.25, 0.3) is 0 Å². The summed E-state index contributed by atoms with van der Waals surface area (Å²) >= 11 is 0. The molecule has 0 spiro atoms. The minimum absolute atomic E-state index is 0.0530. The maximum absolute atomic E-state index is 12.6. The highest BCUT2D eigenvalue weighted by Crippen LogP contribution is 2.31. The summed E-state index contributed by atoms with van der Waals surface area (Å²) in [5, 5.41) is 11.4. The number of hydrogen-bond donors (Lipinski definition) is 0. The van der Waals surface area contributed by atoms with E-state index >= 15 is 0 Å². The molecule has 1 heterocycles. The van der Waals surface area contributed by atoms with Crippen molar-refractivity contribution < 1.29 is 22.5 Å². The Labute approximate surface area is 158 Å². The van der Waals surface area contributed by atoms with E-state index in [4.69, 9.17) is 9.15 Å². The fraction of sp³-hybridized carbons (Fsp3) is 0.471. The Hall–Kier alpha value is -2.46. The normalized spacial score (nSPS) is 11.9. The number of nitro groups is 1. The van der Waals surface area contributed by atoms with Gasteiger partial charge in [0.15, 0.2) is 12.4 Å². The molecule has 1 aromatic carbocycles. The molecule has 2 rings (SSSR count). The summed E-state index contributed by atoms with van der Waals surface area (Å²) in [6.45, 7) is 7.75. The number of nitrogens with zero attached hydrogens (tertiary/aromatic N) is 3. The fourth-order valence-corrected chi connectivity index (χ4v) is 3.91. The van der Waals surface area contributed by atoms with Crippen molar-refractivity contribution in [2.45, 2.75) is 45.1 Å². The minimum Gasteiger partial charge on any atom is -0.477 e. The Kier molecular flexibility index (Phi) is 6.55. The fourth-order valence-electron chi connectivity index (χ4n) is 2.43. The topological polar surface area (TPSA) is 116 Å². The zero-order valence-corrected chi connectivity index (χ0v) is 16.5. The monoisotopic (exact) mass is 397 g/mol. The number of oxazole rings is 1. The van der Waals surface area contributed by atoms with Gasteiger partial charge in [0.05, 0.1) is 16.0 Å². The first kappa shape index (κ1) is 20.8. The van der Waals surface area contributed by atoms with E-state index in [0.717, 1.165) is 6.07 Å². The van der Waals surface area contributed by atoms with Crippen LogP contribution < -0.4 is 4.74 Å². The van der Waals surface area contributed by atoms with Gasteiger partial charge in [-0.25, -0.2) is 13.4 Å². The maximum atomic E-state index is 12.6. The SMILES string of the molecule is CCN(CC)S(=O)(=O)c1ccc(OCc2ncc(C(C)C)o2)c([N+](=O)[O-])c1. The van der Waals surface area contributed by atoms with Gasteiger partial charge in [-0.05, 0) is 12.1 Å². The third kappa shape index (κ3) is 4.64. The number of benzene rings is 1. The number of hydrogen-bond acceptors (Lipinski definition) is 7. The van der Waals surface area contributed by atoms with E-state index in [9.17, 15) is 18.5 Å². The number of ether oxygens (including phenoxy) is 1. The summed E-state index contributed by atoms with van der Waals surface area (Å²) in [6.07, 6.45) is 1.58. The van der Waals surface area contributed by atoms with Crippen LogP contribution in [0.4, 0.5) is 5.69 Å². The van der Waals surface area contributed by atoms with E-state index in [1.165, 1.54) is 16.4 Å². The zero-order valence-electron chi connectivity index (χ0n) is 15.7. The lowest BCUT2D eigenvalue weighted by Gasteiger charge is -2.18. The molecule has 0 fully saturated rings. The summed E-state index contributed by atoms with van der Waals surface area (Å²) in [5.74, 6) is 1.07. The average molecular weight is 397 g/mol. The Morgan fingerprint density at radius 2 is 1.96 bits per heavy atom. The molecule has 10 heteroatoms. The van der Waals surface area contributed by atoms with E-state index in [1.54, 1.807) is 20.0 Å². The molecule has 27 heavy (non-hydrogen) atoms. The highest BCUT2D eigenvalue weighted by atomic mass is 32.2. The predicted molar refractivity (Wildman–Crippen MR) is 98.1 cm³/mol. The maximum Gasteiger partial charge on any atom is 0.312 e. The van der Waals surface area contributed by atoms with Gasteiger partial charge in [0.1, 0.15) is 5.76 Å². The van der Waals surface area contributed by atoms with Crippen molar-refractivity contribution in [3.05, 3.63) is 46.2 Å². The molecule has 2 aromatic rings. The first-order valence-electron chi connectivity index (χ1n) is 8.56. The number of rotatable bonds is 9. The summed E-state index contributed by atoms with van der Waals surface area (Å²) < 4.78 is 37.3. The molecule has 0 amide bonds. The van der Waals surface area contributed by atoms with Crippen molar-refractivity contribution in [3.8, 4) is 5.75 Å². The summed E-state index contributed by atoms with van der Waals surface area (Å²) in [4.78, 5) is 14.6. The third-order valence-corrected chi connectivity index (χ3v) is 6.01. The molecule has 0 unspecified atom stereocenters. The van der Waals surface area contributed by atoms with E-state index < -0.39 is 20.6 Å². The minimum atomic E-state index is -3.80. The van der Waals surface area contributed by atoms with Crippen LogP contribution >= 0.6 is 0 Å². The standard InChI is InChI=1S/C17H23N3O6S/c1-5-19(6-2)27(23,24)13-7-8-15(14(9-13)20(21)22)25-11-17-18-10-16(26-17)12(3)4/h7-10,12H,5-6,11H2,1-4H3. The summed E-state index contributed by atoms with van der Waals surface area (Å²) in [6, 6.07) is 3.59. The van der Waals surface area contributed by atoms with E-state index in [0.29, 0.717) is 5.76 Å². The number of sulfonamides is 1. The Balaban J connectivity index is 2.28.